The molecule has 0 aromatic carbocycles. The summed E-state index contributed by atoms with van der Waals surface area (Å²) in [6.45, 7) is 8.31. The lowest BCUT2D eigenvalue weighted by molar-refractivity contribution is 0.0987. The van der Waals surface area contributed by atoms with Crippen LogP contribution >= 0.6 is 0 Å². The van der Waals surface area contributed by atoms with Crippen molar-refractivity contribution in [1.82, 2.24) is 4.90 Å². The number of aliphatic hydroxyl groups excluding tert-OH is 1. The van der Waals surface area contributed by atoms with Gasteiger partial charge in [-0.15, -0.1) is 0 Å². The predicted molar refractivity (Wildman–Crippen MR) is 51.1 cm³/mol. The Kier molecular flexibility index (Phi) is 3.76. The lowest BCUT2D eigenvalue weighted by Gasteiger charge is -2.34. The first-order valence-corrected chi connectivity index (χ1v) is 4.73. The Balaban J connectivity index is 2.41. The van der Waals surface area contributed by atoms with Crippen LogP contribution < -0.4 is 0 Å². The second kappa shape index (κ2) is 4.63. The Bertz CT molecular complexity index is 156. The fourth-order valence-corrected chi connectivity index (χ4v) is 1.82. The van der Waals surface area contributed by atoms with Crippen LogP contribution in [0.2, 0.25) is 0 Å². The number of hydrogen-bond donors (Lipinski definition) is 1. The summed E-state index contributed by atoms with van der Waals surface area (Å²) in [6, 6.07) is 0.385. The van der Waals surface area contributed by atoms with E-state index >= 15 is 0 Å². The van der Waals surface area contributed by atoms with Gasteiger partial charge in [0.2, 0.25) is 0 Å². The molecule has 0 bridgehead atoms. The molecule has 0 saturated carbocycles. The van der Waals surface area contributed by atoms with Crippen LogP contribution in [-0.4, -0.2) is 35.7 Å². The molecule has 1 rings (SSSR count). The summed E-state index contributed by atoms with van der Waals surface area (Å²) >= 11 is 0. The smallest absolute Gasteiger partial charge is 0.0586 e. The third kappa shape index (κ3) is 2.61. The van der Waals surface area contributed by atoms with E-state index in [9.17, 15) is 0 Å². The number of rotatable bonds is 3. The highest BCUT2D eigenvalue weighted by Crippen LogP contribution is 2.17. The van der Waals surface area contributed by atoms with Crippen LogP contribution in [0.3, 0.4) is 0 Å². The predicted octanol–water partition coefficient (Wildman–Crippen LogP) is 1.41. The zero-order chi connectivity index (χ0) is 8.97. The first-order chi connectivity index (χ1) is 5.74. The van der Waals surface area contributed by atoms with Crippen LogP contribution in [0.5, 0.6) is 0 Å². The Morgan fingerprint density at radius 2 is 2.33 bits per heavy atom. The Morgan fingerprint density at radius 3 is 2.92 bits per heavy atom. The topological polar surface area (TPSA) is 23.5 Å². The van der Waals surface area contributed by atoms with Gasteiger partial charge in [-0.3, -0.25) is 4.90 Å². The molecule has 0 radical (unpaired) electrons. The summed E-state index contributed by atoms with van der Waals surface area (Å²) in [6.07, 6.45) is 3.67. The Hall–Kier alpha value is -0.340. The number of hydrogen-bond acceptors (Lipinski definition) is 2. The maximum Gasteiger partial charge on any atom is 0.0586 e. The van der Waals surface area contributed by atoms with Gasteiger partial charge in [0, 0.05) is 12.6 Å². The average Bonchev–Trinajstić information content (AvgIpc) is 2.04. The summed E-state index contributed by atoms with van der Waals surface area (Å²) in [5, 5.41) is 9.10. The molecule has 1 heterocycles. The van der Waals surface area contributed by atoms with Gasteiger partial charge in [-0.05, 0) is 26.3 Å². The summed E-state index contributed by atoms with van der Waals surface area (Å²) < 4.78 is 0. The van der Waals surface area contributed by atoms with Crippen LogP contribution in [0.15, 0.2) is 12.2 Å². The van der Waals surface area contributed by atoms with Crippen LogP contribution in [0.25, 0.3) is 0 Å². The van der Waals surface area contributed by atoms with Crippen molar-refractivity contribution in [3.05, 3.63) is 12.2 Å². The minimum absolute atomic E-state index is 0.299. The van der Waals surface area contributed by atoms with E-state index in [0.29, 0.717) is 12.6 Å². The van der Waals surface area contributed by atoms with Gasteiger partial charge in [-0.2, -0.15) is 0 Å². The molecule has 0 aliphatic carbocycles. The second-order valence-corrected chi connectivity index (χ2v) is 3.76. The van der Waals surface area contributed by atoms with Crippen molar-refractivity contribution in [2.45, 2.75) is 32.2 Å². The van der Waals surface area contributed by atoms with Gasteiger partial charge in [-0.25, -0.2) is 0 Å². The van der Waals surface area contributed by atoms with Crippen molar-refractivity contribution >= 4 is 0 Å². The number of nitrogens with zero attached hydrogens (tertiary/aromatic N) is 1. The fourth-order valence-electron chi connectivity index (χ4n) is 1.82. The monoisotopic (exact) mass is 169 g/mol. The highest BCUT2D eigenvalue weighted by atomic mass is 16.3. The van der Waals surface area contributed by atoms with E-state index in [2.05, 4.69) is 11.5 Å². The first kappa shape index (κ1) is 9.75. The summed E-state index contributed by atoms with van der Waals surface area (Å²) in [5.74, 6) is 0. The van der Waals surface area contributed by atoms with E-state index < -0.39 is 0 Å². The Morgan fingerprint density at radius 1 is 1.58 bits per heavy atom. The molecular weight excluding hydrogens is 150 g/mol. The highest BCUT2D eigenvalue weighted by molar-refractivity contribution is 4.94. The first-order valence-electron chi connectivity index (χ1n) is 4.73. The third-order valence-corrected chi connectivity index (χ3v) is 2.43. The average molecular weight is 169 g/mol. The molecule has 1 saturated heterocycles. The molecule has 1 atom stereocenters. The normalized spacial score (nSPS) is 25.7. The molecule has 1 N–H and O–H groups in total. The van der Waals surface area contributed by atoms with E-state index in [1.54, 1.807) is 0 Å². The van der Waals surface area contributed by atoms with E-state index in [4.69, 9.17) is 5.11 Å². The van der Waals surface area contributed by atoms with Crippen LogP contribution in [0.1, 0.15) is 26.2 Å². The van der Waals surface area contributed by atoms with Gasteiger partial charge in [0.15, 0.2) is 0 Å². The third-order valence-electron chi connectivity index (χ3n) is 2.43. The van der Waals surface area contributed by atoms with E-state index in [0.717, 1.165) is 19.5 Å². The van der Waals surface area contributed by atoms with Crippen molar-refractivity contribution in [2.24, 2.45) is 0 Å². The molecule has 1 fully saturated rings. The molecule has 12 heavy (non-hydrogen) atoms. The number of piperidine rings is 1. The summed E-state index contributed by atoms with van der Waals surface area (Å²) in [4.78, 5) is 2.34. The summed E-state index contributed by atoms with van der Waals surface area (Å²) in [5.41, 5.74) is 1.19. The maximum atomic E-state index is 9.10. The molecule has 2 nitrogen and oxygen atoms in total. The van der Waals surface area contributed by atoms with Crippen LogP contribution in [0.4, 0.5) is 0 Å². The zero-order valence-corrected chi connectivity index (χ0v) is 7.92. The molecule has 0 aromatic heterocycles. The minimum atomic E-state index is 0.299. The molecule has 2 heteroatoms. The minimum Gasteiger partial charge on any atom is -0.395 e. The molecular formula is C10H19NO. The van der Waals surface area contributed by atoms with E-state index in [1.165, 1.54) is 18.4 Å². The van der Waals surface area contributed by atoms with Gasteiger partial charge in [-0.1, -0.05) is 18.6 Å². The molecule has 0 aromatic rings. The molecule has 0 amide bonds. The lowest BCUT2D eigenvalue weighted by Crippen LogP contribution is -2.42. The van der Waals surface area contributed by atoms with Crippen LogP contribution in [0, 0.1) is 0 Å². The van der Waals surface area contributed by atoms with Crippen molar-refractivity contribution in [2.75, 3.05) is 19.7 Å². The van der Waals surface area contributed by atoms with Crippen molar-refractivity contribution < 1.29 is 5.11 Å². The second-order valence-electron chi connectivity index (χ2n) is 3.76. The van der Waals surface area contributed by atoms with Gasteiger partial charge in [0.05, 0.1) is 6.61 Å². The largest absolute Gasteiger partial charge is 0.395 e. The van der Waals surface area contributed by atoms with E-state index in [1.807, 2.05) is 6.92 Å². The molecule has 1 aliphatic heterocycles. The van der Waals surface area contributed by atoms with Gasteiger partial charge >= 0.3 is 0 Å². The number of likely N-dealkylation sites (tertiary alicyclic amines) is 1. The Labute approximate surface area is 74.9 Å². The molecule has 0 spiro atoms. The summed E-state index contributed by atoms with van der Waals surface area (Å²) in [7, 11) is 0. The van der Waals surface area contributed by atoms with Crippen molar-refractivity contribution in [3.8, 4) is 0 Å². The standard InChI is InChI=1S/C10H19NO/c1-9(2)7-11-6-4-3-5-10(11)8-12/h10,12H,1,3-8H2,2H3/t10-/m0/s1. The highest BCUT2D eigenvalue weighted by Gasteiger charge is 2.20. The van der Waals surface area contributed by atoms with Crippen LogP contribution in [-0.2, 0) is 0 Å². The zero-order valence-electron chi connectivity index (χ0n) is 7.92. The van der Waals surface area contributed by atoms with Gasteiger partial charge < -0.3 is 5.11 Å². The molecule has 70 valence electrons. The quantitative estimate of drug-likeness (QED) is 0.646. The van der Waals surface area contributed by atoms with Crippen molar-refractivity contribution in [1.29, 1.82) is 0 Å². The van der Waals surface area contributed by atoms with Crippen molar-refractivity contribution in [3.63, 3.8) is 0 Å². The lowest BCUT2D eigenvalue weighted by atomic mass is 10.0. The molecule has 0 unspecified atom stereocenters. The maximum absolute atomic E-state index is 9.10. The fraction of sp³-hybridized carbons (Fsp3) is 0.800. The SMILES string of the molecule is C=C(C)CN1CCCC[C@H]1CO. The molecule has 1 aliphatic rings. The number of aliphatic hydroxyl groups is 1. The van der Waals surface area contributed by atoms with Gasteiger partial charge in [0.25, 0.3) is 0 Å². The van der Waals surface area contributed by atoms with Gasteiger partial charge in [0.1, 0.15) is 0 Å². The van der Waals surface area contributed by atoms with E-state index in [-0.39, 0.29) is 0 Å².